The van der Waals surface area contributed by atoms with Crippen LogP contribution in [0.25, 0.3) is 0 Å². The van der Waals surface area contributed by atoms with Gasteiger partial charge in [0.15, 0.2) is 0 Å². The van der Waals surface area contributed by atoms with Gasteiger partial charge in [0.05, 0.1) is 6.10 Å². The highest BCUT2D eigenvalue weighted by Crippen LogP contribution is 2.28. The number of hydrogen-bond acceptors (Lipinski definition) is 2. The summed E-state index contributed by atoms with van der Waals surface area (Å²) in [5.41, 5.74) is 0. The summed E-state index contributed by atoms with van der Waals surface area (Å²) < 4.78 is 29.5. The van der Waals surface area contributed by atoms with Crippen LogP contribution in [0.3, 0.4) is 0 Å². The highest BCUT2D eigenvalue weighted by Gasteiger charge is 2.36. The average molecular weight is 235 g/mol. The van der Waals surface area contributed by atoms with Gasteiger partial charge in [-0.1, -0.05) is 13.8 Å². The fourth-order valence-corrected chi connectivity index (χ4v) is 2.70. The summed E-state index contributed by atoms with van der Waals surface area (Å²) >= 11 is 0. The van der Waals surface area contributed by atoms with E-state index in [9.17, 15) is 8.78 Å². The lowest BCUT2D eigenvalue weighted by molar-refractivity contribution is -0.195. The molecule has 1 aliphatic rings. The minimum absolute atomic E-state index is 0.114. The zero-order valence-corrected chi connectivity index (χ0v) is 10.6. The van der Waals surface area contributed by atoms with Crippen LogP contribution in [0.15, 0.2) is 0 Å². The Morgan fingerprint density at radius 2 is 1.81 bits per heavy atom. The second-order valence-electron chi connectivity index (χ2n) is 5.14. The first-order valence-corrected chi connectivity index (χ1v) is 6.12. The Balaban J connectivity index is 2.74. The van der Waals surface area contributed by atoms with Crippen molar-refractivity contribution < 1.29 is 13.5 Å². The topological polar surface area (TPSA) is 12.5 Å². The SMILES string of the molecule is CC(C)C1C(OC(F)F)CCCN1C(C)C. The standard InChI is InChI=1S/C12H23F2NO/c1-8(2)11-10(16-12(13)14)6-5-7-15(11)9(3)4/h8-12H,5-7H2,1-4H3. The second-order valence-corrected chi connectivity index (χ2v) is 5.14. The third-order valence-corrected chi connectivity index (χ3v) is 3.29. The van der Waals surface area contributed by atoms with Gasteiger partial charge < -0.3 is 4.74 Å². The lowest BCUT2D eigenvalue weighted by atomic mass is 9.89. The molecule has 0 aromatic carbocycles. The quantitative estimate of drug-likeness (QED) is 0.742. The van der Waals surface area contributed by atoms with E-state index in [1.54, 1.807) is 0 Å². The summed E-state index contributed by atoms with van der Waals surface area (Å²) in [4.78, 5) is 2.29. The number of ether oxygens (including phenoxy) is 1. The molecule has 0 aliphatic carbocycles. The van der Waals surface area contributed by atoms with E-state index in [1.807, 2.05) is 0 Å². The molecule has 1 fully saturated rings. The monoisotopic (exact) mass is 235 g/mol. The number of nitrogens with zero attached hydrogens (tertiary/aromatic N) is 1. The van der Waals surface area contributed by atoms with Gasteiger partial charge in [0.2, 0.25) is 0 Å². The van der Waals surface area contributed by atoms with E-state index >= 15 is 0 Å². The van der Waals surface area contributed by atoms with Gasteiger partial charge in [0.25, 0.3) is 0 Å². The van der Waals surface area contributed by atoms with Gasteiger partial charge in [-0.3, -0.25) is 4.90 Å². The van der Waals surface area contributed by atoms with E-state index in [0.717, 1.165) is 19.4 Å². The van der Waals surface area contributed by atoms with Gasteiger partial charge >= 0.3 is 6.61 Å². The Morgan fingerprint density at radius 1 is 1.19 bits per heavy atom. The van der Waals surface area contributed by atoms with Crippen molar-refractivity contribution in [3.8, 4) is 0 Å². The van der Waals surface area contributed by atoms with Crippen molar-refractivity contribution in [2.75, 3.05) is 6.54 Å². The molecular formula is C12H23F2NO. The molecule has 0 N–H and O–H groups in total. The summed E-state index contributed by atoms with van der Waals surface area (Å²) in [5, 5.41) is 0. The molecule has 96 valence electrons. The maximum absolute atomic E-state index is 12.3. The third-order valence-electron chi connectivity index (χ3n) is 3.29. The van der Waals surface area contributed by atoms with Crippen molar-refractivity contribution in [2.45, 2.75) is 65.3 Å². The summed E-state index contributed by atoms with van der Waals surface area (Å²) in [6, 6.07) is 0.499. The molecule has 2 unspecified atom stereocenters. The number of likely N-dealkylation sites (tertiary alicyclic amines) is 1. The normalized spacial score (nSPS) is 28.3. The Bertz CT molecular complexity index is 209. The van der Waals surface area contributed by atoms with Gasteiger partial charge in [0, 0.05) is 12.1 Å². The van der Waals surface area contributed by atoms with Crippen LogP contribution in [0, 0.1) is 5.92 Å². The molecule has 2 atom stereocenters. The van der Waals surface area contributed by atoms with Crippen LogP contribution in [-0.4, -0.2) is 36.2 Å². The molecule has 2 nitrogen and oxygen atoms in total. The van der Waals surface area contributed by atoms with Crippen LogP contribution in [0.1, 0.15) is 40.5 Å². The minimum atomic E-state index is -2.65. The lowest BCUT2D eigenvalue weighted by Crippen LogP contribution is -2.54. The molecule has 1 saturated heterocycles. The Hall–Kier alpha value is -0.220. The first-order valence-electron chi connectivity index (χ1n) is 6.12. The van der Waals surface area contributed by atoms with Crippen LogP contribution < -0.4 is 0 Å². The van der Waals surface area contributed by atoms with E-state index < -0.39 is 6.61 Å². The molecule has 0 spiro atoms. The van der Waals surface area contributed by atoms with Gasteiger partial charge in [-0.25, -0.2) is 0 Å². The molecule has 0 radical (unpaired) electrons. The molecule has 1 aliphatic heterocycles. The largest absolute Gasteiger partial charge is 0.345 e. The van der Waals surface area contributed by atoms with Gasteiger partial charge in [-0.15, -0.1) is 0 Å². The summed E-state index contributed by atoms with van der Waals surface area (Å²) in [6.45, 7) is 6.71. The fraction of sp³-hybridized carbons (Fsp3) is 1.00. The first kappa shape index (κ1) is 13.8. The highest BCUT2D eigenvalue weighted by molar-refractivity contribution is 4.88. The van der Waals surface area contributed by atoms with Crippen molar-refractivity contribution >= 4 is 0 Å². The minimum Gasteiger partial charge on any atom is -0.318 e. The number of piperidine rings is 1. The Kier molecular flexibility index (Phi) is 5.12. The van der Waals surface area contributed by atoms with Crippen molar-refractivity contribution in [3.63, 3.8) is 0 Å². The molecule has 16 heavy (non-hydrogen) atoms. The van der Waals surface area contributed by atoms with Crippen LogP contribution in [0.2, 0.25) is 0 Å². The second kappa shape index (κ2) is 5.92. The van der Waals surface area contributed by atoms with Crippen LogP contribution in [0.5, 0.6) is 0 Å². The number of alkyl halides is 2. The van der Waals surface area contributed by atoms with E-state index in [0.29, 0.717) is 12.0 Å². The van der Waals surface area contributed by atoms with E-state index in [2.05, 4.69) is 32.6 Å². The first-order chi connectivity index (χ1) is 7.43. The van der Waals surface area contributed by atoms with Crippen molar-refractivity contribution in [1.82, 2.24) is 4.90 Å². The maximum Gasteiger partial charge on any atom is 0.345 e. The Morgan fingerprint density at radius 3 is 2.25 bits per heavy atom. The van der Waals surface area contributed by atoms with Crippen molar-refractivity contribution in [3.05, 3.63) is 0 Å². The van der Waals surface area contributed by atoms with Gasteiger partial charge in [-0.2, -0.15) is 8.78 Å². The predicted octanol–water partition coefficient (Wildman–Crippen LogP) is 3.12. The zero-order chi connectivity index (χ0) is 12.3. The smallest absolute Gasteiger partial charge is 0.318 e. The van der Waals surface area contributed by atoms with Crippen molar-refractivity contribution in [2.24, 2.45) is 5.92 Å². The van der Waals surface area contributed by atoms with Crippen LogP contribution in [-0.2, 0) is 4.74 Å². The van der Waals surface area contributed by atoms with E-state index in [1.165, 1.54) is 0 Å². The summed E-state index contributed by atoms with van der Waals surface area (Å²) in [5.74, 6) is 0.339. The number of halogens is 2. The van der Waals surface area contributed by atoms with E-state index in [-0.39, 0.29) is 12.1 Å². The molecule has 4 heteroatoms. The molecule has 0 aromatic heterocycles. The van der Waals surface area contributed by atoms with E-state index in [4.69, 9.17) is 4.74 Å². The Labute approximate surface area is 97.0 Å². The fourth-order valence-electron chi connectivity index (χ4n) is 2.70. The van der Waals surface area contributed by atoms with Crippen LogP contribution >= 0.6 is 0 Å². The van der Waals surface area contributed by atoms with Crippen LogP contribution in [0.4, 0.5) is 8.78 Å². The third kappa shape index (κ3) is 3.39. The highest BCUT2D eigenvalue weighted by atomic mass is 19.3. The number of rotatable bonds is 4. The maximum atomic E-state index is 12.3. The molecule has 1 heterocycles. The molecular weight excluding hydrogens is 212 g/mol. The van der Waals surface area contributed by atoms with Crippen molar-refractivity contribution in [1.29, 1.82) is 0 Å². The molecule has 0 amide bonds. The summed E-state index contributed by atoms with van der Waals surface area (Å²) in [6.07, 6.45) is 1.37. The molecule has 0 saturated carbocycles. The summed E-state index contributed by atoms with van der Waals surface area (Å²) in [7, 11) is 0. The zero-order valence-electron chi connectivity index (χ0n) is 10.6. The lowest BCUT2D eigenvalue weighted by Gasteiger charge is -2.45. The van der Waals surface area contributed by atoms with Gasteiger partial charge in [0.1, 0.15) is 0 Å². The molecule has 1 rings (SSSR count). The number of hydrogen-bond donors (Lipinski definition) is 0. The molecule has 0 bridgehead atoms. The molecule has 0 aromatic rings. The predicted molar refractivity (Wildman–Crippen MR) is 60.6 cm³/mol. The average Bonchev–Trinajstić information content (AvgIpc) is 2.15. The van der Waals surface area contributed by atoms with Gasteiger partial charge in [-0.05, 0) is 39.2 Å².